The van der Waals surface area contributed by atoms with Crippen LogP contribution in [0.3, 0.4) is 0 Å². The number of anilines is 2. The van der Waals surface area contributed by atoms with Crippen molar-refractivity contribution in [2.75, 3.05) is 10.0 Å². The Morgan fingerprint density at radius 3 is 2.30 bits per heavy atom. The fourth-order valence-electron chi connectivity index (χ4n) is 2.55. The molecule has 0 fully saturated rings. The molecule has 7 nitrogen and oxygen atoms in total. The van der Waals surface area contributed by atoms with Crippen LogP contribution in [0.25, 0.3) is 0 Å². The van der Waals surface area contributed by atoms with Gasteiger partial charge in [-0.2, -0.15) is 0 Å². The summed E-state index contributed by atoms with van der Waals surface area (Å²) in [5.41, 5.74) is -0.138. The number of rotatable bonds is 6. The molecule has 3 rings (SSSR count). The van der Waals surface area contributed by atoms with E-state index < -0.39 is 33.3 Å². The van der Waals surface area contributed by atoms with Crippen LogP contribution in [0.1, 0.15) is 20.7 Å². The fourth-order valence-corrected chi connectivity index (χ4v) is 3.79. The summed E-state index contributed by atoms with van der Waals surface area (Å²) in [6.07, 6.45) is 0. The van der Waals surface area contributed by atoms with E-state index in [4.69, 9.17) is 16.7 Å². The molecule has 0 aliphatic carbocycles. The number of benzene rings is 3. The molecule has 0 spiro atoms. The van der Waals surface area contributed by atoms with Gasteiger partial charge in [0.1, 0.15) is 5.82 Å². The molecule has 0 aliphatic heterocycles. The number of carboxylic acid groups (broad SMARTS) is 1. The Kier molecular flexibility index (Phi) is 6.04. The highest BCUT2D eigenvalue weighted by Crippen LogP contribution is 2.21. The zero-order valence-corrected chi connectivity index (χ0v) is 16.7. The third-order valence-electron chi connectivity index (χ3n) is 3.96. The van der Waals surface area contributed by atoms with Crippen molar-refractivity contribution < 1.29 is 27.5 Å². The van der Waals surface area contributed by atoms with Crippen LogP contribution < -0.4 is 10.0 Å². The first kappa shape index (κ1) is 21.3. The summed E-state index contributed by atoms with van der Waals surface area (Å²) < 4.78 is 40.6. The van der Waals surface area contributed by atoms with E-state index in [0.717, 1.165) is 18.2 Å². The average molecular weight is 449 g/mol. The smallest absolute Gasteiger partial charge is 0.337 e. The van der Waals surface area contributed by atoms with Crippen molar-refractivity contribution in [2.24, 2.45) is 0 Å². The highest BCUT2D eigenvalue weighted by atomic mass is 35.5. The summed E-state index contributed by atoms with van der Waals surface area (Å²) in [6, 6.07) is 14.1. The molecule has 0 bridgehead atoms. The number of amides is 1. The molecule has 0 saturated heterocycles. The Hall–Kier alpha value is -3.43. The van der Waals surface area contributed by atoms with Crippen LogP contribution in [0, 0.1) is 5.82 Å². The van der Waals surface area contributed by atoms with Crippen molar-refractivity contribution in [1.82, 2.24) is 0 Å². The van der Waals surface area contributed by atoms with Crippen LogP contribution in [-0.2, 0) is 10.0 Å². The molecular weight excluding hydrogens is 435 g/mol. The van der Waals surface area contributed by atoms with Crippen LogP contribution in [0.4, 0.5) is 15.8 Å². The predicted molar refractivity (Wildman–Crippen MR) is 110 cm³/mol. The Bertz CT molecular complexity index is 1230. The molecule has 0 atom stereocenters. The number of carbonyl (C=O) groups excluding carboxylic acids is 1. The van der Waals surface area contributed by atoms with E-state index >= 15 is 0 Å². The van der Waals surface area contributed by atoms with Gasteiger partial charge in [0, 0.05) is 10.6 Å². The van der Waals surface area contributed by atoms with Crippen LogP contribution in [0.5, 0.6) is 0 Å². The van der Waals surface area contributed by atoms with Gasteiger partial charge in [-0.1, -0.05) is 17.7 Å². The van der Waals surface area contributed by atoms with Crippen molar-refractivity contribution in [1.29, 1.82) is 0 Å². The molecule has 1 amide bonds. The molecule has 30 heavy (non-hydrogen) atoms. The quantitative estimate of drug-likeness (QED) is 0.522. The van der Waals surface area contributed by atoms with E-state index in [2.05, 4.69) is 10.0 Å². The van der Waals surface area contributed by atoms with Crippen molar-refractivity contribution in [3.8, 4) is 0 Å². The van der Waals surface area contributed by atoms with Crippen molar-refractivity contribution in [3.05, 3.63) is 88.7 Å². The van der Waals surface area contributed by atoms with E-state index in [1.165, 1.54) is 36.4 Å². The van der Waals surface area contributed by atoms with Gasteiger partial charge in [-0.15, -0.1) is 0 Å². The highest BCUT2D eigenvalue weighted by molar-refractivity contribution is 7.92. The van der Waals surface area contributed by atoms with Crippen molar-refractivity contribution in [3.63, 3.8) is 0 Å². The van der Waals surface area contributed by atoms with Gasteiger partial charge in [-0.3, -0.25) is 9.52 Å². The molecule has 0 aliphatic rings. The lowest BCUT2D eigenvalue weighted by Crippen LogP contribution is -2.16. The maximum Gasteiger partial charge on any atom is 0.337 e. The molecule has 3 N–H and O–H groups in total. The minimum atomic E-state index is -3.91. The molecular formula is C20H14ClFN2O5S. The molecule has 3 aromatic rings. The number of hydrogen-bond donors (Lipinski definition) is 3. The normalized spacial score (nSPS) is 11.0. The molecule has 0 radical (unpaired) electrons. The van der Waals surface area contributed by atoms with Crippen molar-refractivity contribution >= 4 is 44.9 Å². The van der Waals surface area contributed by atoms with E-state index in [0.29, 0.717) is 5.02 Å². The SMILES string of the molecule is O=C(Nc1ccc(F)cc1C(=O)O)c1ccc(S(=O)(=O)Nc2cccc(Cl)c2)cc1. The number of carboxylic acids is 1. The van der Waals surface area contributed by atoms with Crippen LogP contribution in [-0.4, -0.2) is 25.4 Å². The van der Waals surface area contributed by atoms with Gasteiger partial charge in [0.2, 0.25) is 0 Å². The summed E-state index contributed by atoms with van der Waals surface area (Å²) in [5.74, 6) is -2.85. The molecule has 3 aromatic carbocycles. The Balaban J connectivity index is 1.78. The van der Waals surface area contributed by atoms with Crippen molar-refractivity contribution in [2.45, 2.75) is 4.90 Å². The van der Waals surface area contributed by atoms with E-state index in [1.54, 1.807) is 12.1 Å². The average Bonchev–Trinajstić information content (AvgIpc) is 2.69. The number of sulfonamides is 1. The molecule has 154 valence electrons. The largest absolute Gasteiger partial charge is 0.478 e. The third-order valence-corrected chi connectivity index (χ3v) is 5.60. The van der Waals surface area contributed by atoms with Crippen LogP contribution in [0.2, 0.25) is 5.02 Å². The Labute approximate surface area is 176 Å². The van der Waals surface area contributed by atoms with Crippen LogP contribution >= 0.6 is 11.6 Å². The third kappa shape index (κ3) is 4.94. The van der Waals surface area contributed by atoms with E-state index in [1.807, 2.05) is 0 Å². The number of halogens is 2. The fraction of sp³-hybridized carbons (Fsp3) is 0. The first-order valence-electron chi connectivity index (χ1n) is 8.38. The minimum absolute atomic E-state index is 0.0809. The zero-order chi connectivity index (χ0) is 21.9. The zero-order valence-electron chi connectivity index (χ0n) is 15.1. The number of carbonyl (C=O) groups is 2. The Morgan fingerprint density at radius 2 is 1.67 bits per heavy atom. The second-order valence-corrected chi connectivity index (χ2v) is 8.21. The molecule has 0 heterocycles. The van der Waals surface area contributed by atoms with Gasteiger partial charge in [0.05, 0.1) is 21.8 Å². The molecule has 0 unspecified atom stereocenters. The standard InChI is InChI=1S/C20H14ClFN2O5S/c21-13-2-1-3-15(10-13)24-30(28,29)16-7-4-12(5-8-16)19(25)23-18-9-6-14(22)11-17(18)20(26)27/h1-11,24H,(H,23,25)(H,26,27). The van der Waals surface area contributed by atoms with Gasteiger partial charge >= 0.3 is 5.97 Å². The van der Waals surface area contributed by atoms with Gasteiger partial charge in [-0.25, -0.2) is 17.6 Å². The maximum atomic E-state index is 13.3. The monoisotopic (exact) mass is 448 g/mol. The molecule has 10 heteroatoms. The first-order valence-corrected chi connectivity index (χ1v) is 10.2. The summed E-state index contributed by atoms with van der Waals surface area (Å²) in [4.78, 5) is 23.5. The minimum Gasteiger partial charge on any atom is -0.478 e. The molecule has 0 saturated carbocycles. The predicted octanol–water partition coefficient (Wildman–Crippen LogP) is 4.23. The van der Waals surface area contributed by atoms with Gasteiger partial charge in [-0.05, 0) is 60.7 Å². The summed E-state index contributed by atoms with van der Waals surface area (Å²) >= 11 is 5.84. The topological polar surface area (TPSA) is 113 Å². The number of nitrogens with one attached hydrogen (secondary N) is 2. The number of hydrogen-bond acceptors (Lipinski definition) is 4. The van der Waals surface area contributed by atoms with E-state index in [-0.39, 0.29) is 21.8 Å². The second-order valence-electron chi connectivity index (χ2n) is 6.09. The maximum absolute atomic E-state index is 13.3. The lowest BCUT2D eigenvalue weighted by Gasteiger charge is -2.10. The van der Waals surface area contributed by atoms with Gasteiger partial charge < -0.3 is 10.4 Å². The summed E-state index contributed by atoms with van der Waals surface area (Å²) in [6.45, 7) is 0. The van der Waals surface area contributed by atoms with Gasteiger partial charge in [0.25, 0.3) is 15.9 Å². The summed E-state index contributed by atoms with van der Waals surface area (Å²) in [5, 5.41) is 11.9. The number of aromatic carboxylic acids is 1. The highest BCUT2D eigenvalue weighted by Gasteiger charge is 2.17. The van der Waals surface area contributed by atoms with Gasteiger partial charge in [0.15, 0.2) is 0 Å². The second kappa shape index (κ2) is 8.52. The summed E-state index contributed by atoms with van der Waals surface area (Å²) in [7, 11) is -3.91. The first-order chi connectivity index (χ1) is 14.2. The Morgan fingerprint density at radius 1 is 0.967 bits per heavy atom. The lowest BCUT2D eigenvalue weighted by atomic mass is 10.1. The molecule has 0 aromatic heterocycles. The van der Waals surface area contributed by atoms with E-state index in [9.17, 15) is 22.4 Å². The van der Waals surface area contributed by atoms with Crippen LogP contribution in [0.15, 0.2) is 71.6 Å². The lowest BCUT2D eigenvalue weighted by molar-refractivity contribution is 0.0697.